The fraction of sp³-hybridized carbons (Fsp3) is 0.433. The maximum atomic E-state index is 13.2. The first kappa shape index (κ1) is 25.0. The zero-order chi connectivity index (χ0) is 24.8. The highest BCUT2D eigenvalue weighted by Gasteiger charge is 2.17. The Bertz CT molecular complexity index is 1330. The van der Waals surface area contributed by atoms with E-state index in [9.17, 15) is 4.79 Å². The van der Waals surface area contributed by atoms with Crippen LogP contribution in [0, 0.1) is 18.1 Å². The number of pyridine rings is 1. The lowest BCUT2D eigenvalue weighted by molar-refractivity contribution is 0.395. The Labute approximate surface area is 210 Å². The van der Waals surface area contributed by atoms with Crippen LogP contribution >= 0.6 is 0 Å². The maximum absolute atomic E-state index is 13.2. The molecule has 2 aromatic heterocycles. The van der Waals surface area contributed by atoms with Crippen LogP contribution < -0.4 is 5.56 Å². The fourth-order valence-electron chi connectivity index (χ4n) is 5.49. The molecule has 1 saturated carbocycles. The number of hydrogen-bond donors (Lipinski definition) is 0. The highest BCUT2D eigenvalue weighted by Crippen LogP contribution is 2.34. The second-order valence-electron chi connectivity index (χ2n) is 10.0. The molecular formula is C30H36BN3O. The van der Waals surface area contributed by atoms with Crippen LogP contribution in [-0.4, -0.2) is 30.7 Å². The van der Waals surface area contributed by atoms with E-state index >= 15 is 0 Å². The standard InChI is InChI=1S/C30H36BN3O/c1-4-9-28(26(31)20-32-3)34-29(35)17-15-24-19-33-27-16-14-23(18-25(27)30(24)34)22-12-7-5-6-10-21(2)11-8-13-22/h4,9,14,16,18-22H,5-8,10-13,31H2,1-3H3/b9-4-,28-26-,32-20-. The SMILES string of the molecule is BC(/C=N\C)=C(/C=C\C)n1c(=O)c#cc2cnc3ccc(C4CCCCCC(C)CCC4)cc3c21. The summed E-state index contributed by atoms with van der Waals surface area (Å²) in [4.78, 5) is 22.1. The van der Waals surface area contributed by atoms with Crippen LogP contribution in [0.4, 0.5) is 0 Å². The van der Waals surface area contributed by atoms with E-state index in [1.165, 1.54) is 56.9 Å². The molecule has 180 valence electrons. The zero-order valence-electron chi connectivity index (χ0n) is 21.6. The van der Waals surface area contributed by atoms with E-state index < -0.39 is 0 Å². The predicted octanol–water partition coefficient (Wildman–Crippen LogP) is 6.08. The Hall–Kier alpha value is -3.13. The second-order valence-corrected chi connectivity index (χ2v) is 10.0. The van der Waals surface area contributed by atoms with E-state index in [-0.39, 0.29) is 5.56 Å². The molecule has 1 aliphatic rings. The average Bonchev–Trinajstić information content (AvgIpc) is 2.86. The van der Waals surface area contributed by atoms with Crippen molar-refractivity contribution < 1.29 is 0 Å². The molecule has 1 aromatic carbocycles. The van der Waals surface area contributed by atoms with Crippen molar-refractivity contribution >= 4 is 41.6 Å². The lowest BCUT2D eigenvalue weighted by atomic mass is 9.84. The molecule has 2 unspecified atom stereocenters. The van der Waals surface area contributed by atoms with Crippen LogP contribution in [0.15, 0.2) is 51.8 Å². The molecule has 0 amide bonds. The molecule has 35 heavy (non-hydrogen) atoms. The van der Waals surface area contributed by atoms with Crippen LogP contribution in [-0.2, 0) is 0 Å². The predicted molar refractivity (Wildman–Crippen MR) is 151 cm³/mol. The van der Waals surface area contributed by atoms with Crippen LogP contribution in [0.5, 0.6) is 0 Å². The van der Waals surface area contributed by atoms with Gasteiger partial charge in [0.2, 0.25) is 0 Å². The van der Waals surface area contributed by atoms with Gasteiger partial charge in [0.25, 0.3) is 0 Å². The summed E-state index contributed by atoms with van der Waals surface area (Å²) in [6, 6.07) is 12.5. The van der Waals surface area contributed by atoms with Gasteiger partial charge in [-0.25, -0.2) is 0 Å². The molecule has 4 nitrogen and oxygen atoms in total. The smallest absolute Gasteiger partial charge is 0.297 e. The Kier molecular flexibility index (Phi) is 8.23. The van der Waals surface area contributed by atoms with Gasteiger partial charge in [-0.15, -0.1) is 0 Å². The Balaban J connectivity index is 1.91. The summed E-state index contributed by atoms with van der Waals surface area (Å²) >= 11 is 0. The molecule has 0 bridgehead atoms. The van der Waals surface area contributed by atoms with Gasteiger partial charge < -0.3 is 0 Å². The van der Waals surface area contributed by atoms with Crippen LogP contribution in [0.1, 0.15) is 76.7 Å². The number of benzene rings is 1. The summed E-state index contributed by atoms with van der Waals surface area (Å²) in [6.07, 6.45) is 17.8. The third-order valence-corrected chi connectivity index (χ3v) is 7.36. The van der Waals surface area contributed by atoms with Gasteiger partial charge >= 0.3 is 5.56 Å². The van der Waals surface area contributed by atoms with Gasteiger partial charge in [0.15, 0.2) is 0 Å². The Morgan fingerprint density at radius 3 is 2.71 bits per heavy atom. The first-order valence-electron chi connectivity index (χ1n) is 13.1. The van der Waals surface area contributed by atoms with Gasteiger partial charge in [-0.2, -0.15) is 0 Å². The van der Waals surface area contributed by atoms with Crippen molar-refractivity contribution in [3.8, 4) is 0 Å². The fourth-order valence-corrected chi connectivity index (χ4v) is 5.49. The number of aliphatic imine (C=N–C) groups is 1. The topological polar surface area (TPSA) is 47.2 Å². The third-order valence-electron chi connectivity index (χ3n) is 7.36. The molecule has 3 aromatic rings. The molecule has 4 rings (SSSR count). The van der Waals surface area contributed by atoms with Crippen molar-refractivity contribution in [1.29, 1.82) is 0 Å². The van der Waals surface area contributed by atoms with E-state index in [0.29, 0.717) is 5.92 Å². The molecule has 0 radical (unpaired) electrons. The van der Waals surface area contributed by atoms with Gasteiger partial charge in [-0.3, -0.25) is 19.3 Å². The highest BCUT2D eigenvalue weighted by molar-refractivity contribution is 6.36. The Morgan fingerprint density at radius 2 is 1.91 bits per heavy atom. The molecule has 2 heterocycles. The van der Waals surface area contributed by atoms with E-state index in [1.54, 1.807) is 24.0 Å². The molecule has 1 aliphatic carbocycles. The van der Waals surface area contributed by atoms with Gasteiger partial charge in [0.05, 0.1) is 16.4 Å². The van der Waals surface area contributed by atoms with E-state index in [0.717, 1.165) is 38.9 Å². The molecule has 0 saturated heterocycles. The largest absolute Gasteiger partial charge is 0.307 e. The quantitative estimate of drug-likeness (QED) is 0.266. The van der Waals surface area contributed by atoms with Crippen LogP contribution in [0.2, 0.25) is 0 Å². The van der Waals surface area contributed by atoms with Crippen molar-refractivity contribution in [2.75, 3.05) is 7.05 Å². The zero-order valence-corrected chi connectivity index (χ0v) is 21.6. The molecule has 5 heteroatoms. The molecular weight excluding hydrogens is 429 g/mol. The summed E-state index contributed by atoms with van der Waals surface area (Å²) in [5, 5.41) is 1.79. The van der Waals surface area contributed by atoms with Crippen molar-refractivity contribution in [3.63, 3.8) is 0 Å². The van der Waals surface area contributed by atoms with Gasteiger partial charge in [-0.1, -0.05) is 63.7 Å². The van der Waals surface area contributed by atoms with Crippen LogP contribution in [0.3, 0.4) is 0 Å². The van der Waals surface area contributed by atoms with Crippen molar-refractivity contribution in [1.82, 2.24) is 9.55 Å². The third kappa shape index (κ3) is 5.59. The van der Waals surface area contributed by atoms with Gasteiger partial charge in [-0.05, 0) is 60.8 Å². The number of allylic oxidation sites excluding steroid dienone is 4. The summed E-state index contributed by atoms with van der Waals surface area (Å²) in [6.45, 7) is 4.36. The van der Waals surface area contributed by atoms with Crippen molar-refractivity contribution in [2.24, 2.45) is 10.9 Å². The second kappa shape index (κ2) is 11.5. The molecule has 0 aliphatic heterocycles. The minimum absolute atomic E-state index is 0.222. The summed E-state index contributed by atoms with van der Waals surface area (Å²) < 4.78 is 1.76. The number of rotatable bonds is 4. The van der Waals surface area contributed by atoms with E-state index in [4.69, 9.17) is 4.98 Å². The van der Waals surface area contributed by atoms with Crippen molar-refractivity contribution in [2.45, 2.75) is 71.1 Å². The minimum atomic E-state index is -0.222. The Morgan fingerprint density at radius 1 is 1.14 bits per heavy atom. The lowest BCUT2D eigenvalue weighted by Gasteiger charge is -2.22. The normalized spacial score (nSPS) is 20.9. The first-order chi connectivity index (χ1) is 17.0. The number of hydrogen-bond acceptors (Lipinski definition) is 3. The average molecular weight is 465 g/mol. The molecule has 1 fully saturated rings. The number of fused-ring (bicyclic) bond motifs is 3. The summed E-state index contributed by atoms with van der Waals surface area (Å²) in [5.74, 6) is 1.37. The molecule has 0 spiro atoms. The minimum Gasteiger partial charge on any atom is -0.297 e. The van der Waals surface area contributed by atoms with E-state index in [2.05, 4.69) is 42.2 Å². The monoisotopic (exact) mass is 465 g/mol. The van der Waals surface area contributed by atoms with E-state index in [1.807, 2.05) is 26.9 Å². The molecule has 2 atom stereocenters. The first-order valence-corrected chi connectivity index (χ1v) is 13.1. The number of nitrogens with zero attached hydrogens (tertiary/aromatic N) is 3. The number of aromatic nitrogens is 2. The summed E-state index contributed by atoms with van der Waals surface area (Å²) in [7, 11) is 3.72. The molecule has 0 N–H and O–H groups in total. The lowest BCUT2D eigenvalue weighted by Crippen LogP contribution is -2.19. The maximum Gasteiger partial charge on any atom is 0.307 e. The van der Waals surface area contributed by atoms with Gasteiger partial charge in [0, 0.05) is 36.6 Å². The highest BCUT2D eigenvalue weighted by atomic mass is 16.1. The van der Waals surface area contributed by atoms with Crippen LogP contribution in [0.25, 0.3) is 27.5 Å². The summed E-state index contributed by atoms with van der Waals surface area (Å²) in [5.41, 5.74) is 4.57. The van der Waals surface area contributed by atoms with Crippen molar-refractivity contribution in [3.05, 3.63) is 70.1 Å². The van der Waals surface area contributed by atoms with Gasteiger partial charge in [0.1, 0.15) is 7.85 Å².